The van der Waals surface area contributed by atoms with Gasteiger partial charge in [-0.15, -0.1) is 11.8 Å². The molecule has 0 heterocycles. The maximum absolute atomic E-state index is 12.7. The Morgan fingerprint density at radius 2 is 1.57 bits per heavy atom. The van der Waals surface area contributed by atoms with Crippen LogP contribution < -0.4 is 10.0 Å². The van der Waals surface area contributed by atoms with Gasteiger partial charge in [-0.3, -0.25) is 9.52 Å². The normalized spacial score (nSPS) is 11.2. The molecule has 0 unspecified atom stereocenters. The molecular formula is C22H21ClN2O3S2. The van der Waals surface area contributed by atoms with E-state index in [2.05, 4.69) is 10.0 Å². The Morgan fingerprint density at radius 3 is 2.20 bits per heavy atom. The molecule has 3 aromatic carbocycles. The topological polar surface area (TPSA) is 75.3 Å². The van der Waals surface area contributed by atoms with E-state index in [1.54, 1.807) is 18.2 Å². The van der Waals surface area contributed by atoms with Crippen LogP contribution in [0.25, 0.3) is 0 Å². The van der Waals surface area contributed by atoms with E-state index in [0.717, 1.165) is 16.0 Å². The minimum Gasteiger partial charge on any atom is -0.325 e. The van der Waals surface area contributed by atoms with Gasteiger partial charge in [-0.2, -0.15) is 0 Å². The molecule has 8 heteroatoms. The summed E-state index contributed by atoms with van der Waals surface area (Å²) in [4.78, 5) is 13.1. The fourth-order valence-electron chi connectivity index (χ4n) is 2.79. The summed E-state index contributed by atoms with van der Waals surface area (Å²) in [6.07, 6.45) is 0. The Kier molecular flexibility index (Phi) is 7.07. The van der Waals surface area contributed by atoms with Crippen LogP contribution in [0.2, 0.25) is 5.02 Å². The van der Waals surface area contributed by atoms with Crippen LogP contribution >= 0.6 is 23.4 Å². The molecule has 0 aliphatic carbocycles. The molecule has 0 spiro atoms. The lowest BCUT2D eigenvalue weighted by molar-refractivity contribution is -0.113. The van der Waals surface area contributed by atoms with E-state index in [1.165, 1.54) is 23.9 Å². The first-order valence-electron chi connectivity index (χ1n) is 9.12. The number of hydrogen-bond acceptors (Lipinski definition) is 4. The summed E-state index contributed by atoms with van der Waals surface area (Å²) in [6, 6.07) is 19.0. The average molecular weight is 461 g/mol. The van der Waals surface area contributed by atoms with Gasteiger partial charge in [0.2, 0.25) is 5.91 Å². The van der Waals surface area contributed by atoms with E-state index in [0.29, 0.717) is 16.4 Å². The highest BCUT2D eigenvalue weighted by atomic mass is 35.5. The highest BCUT2D eigenvalue weighted by molar-refractivity contribution is 8.00. The Balaban J connectivity index is 1.64. The van der Waals surface area contributed by atoms with E-state index in [1.807, 2.05) is 50.2 Å². The van der Waals surface area contributed by atoms with Crippen molar-refractivity contribution in [2.45, 2.75) is 23.6 Å². The first-order valence-corrected chi connectivity index (χ1v) is 12.0. The standard InChI is InChI=1S/C22H21ClN2O3S2/c1-15-6-5-7-16(2)22(15)25-30(27,28)18-12-10-17(11-13-18)24-21(26)14-29-20-9-4-3-8-19(20)23/h3-13,25H,14H2,1-2H3,(H,24,26). The first-order chi connectivity index (χ1) is 14.3. The number of para-hydroxylation sites is 1. The van der Waals surface area contributed by atoms with Gasteiger partial charge in [0.25, 0.3) is 10.0 Å². The SMILES string of the molecule is Cc1cccc(C)c1NS(=O)(=O)c1ccc(NC(=O)CSc2ccccc2Cl)cc1. The summed E-state index contributed by atoms with van der Waals surface area (Å²) in [6.45, 7) is 3.70. The van der Waals surface area contributed by atoms with Crippen molar-refractivity contribution in [3.05, 3.63) is 82.9 Å². The highest BCUT2D eigenvalue weighted by Crippen LogP contribution is 2.27. The molecule has 156 valence electrons. The van der Waals surface area contributed by atoms with Gasteiger partial charge >= 0.3 is 0 Å². The van der Waals surface area contributed by atoms with Crippen LogP contribution in [0.15, 0.2) is 76.5 Å². The summed E-state index contributed by atoms with van der Waals surface area (Å²) in [5.41, 5.74) is 2.79. The van der Waals surface area contributed by atoms with Crippen molar-refractivity contribution in [1.82, 2.24) is 0 Å². The summed E-state index contributed by atoms with van der Waals surface area (Å²) < 4.78 is 28.1. The van der Waals surface area contributed by atoms with Crippen molar-refractivity contribution in [3.63, 3.8) is 0 Å². The lowest BCUT2D eigenvalue weighted by atomic mass is 10.1. The third kappa shape index (κ3) is 5.56. The number of hydrogen-bond donors (Lipinski definition) is 2. The molecule has 0 saturated heterocycles. The number of benzene rings is 3. The van der Waals surface area contributed by atoms with Crippen molar-refractivity contribution < 1.29 is 13.2 Å². The second-order valence-electron chi connectivity index (χ2n) is 6.66. The number of nitrogens with one attached hydrogen (secondary N) is 2. The number of anilines is 2. The number of aryl methyl sites for hydroxylation is 2. The van der Waals surface area contributed by atoms with Crippen LogP contribution in [-0.4, -0.2) is 20.1 Å². The summed E-state index contributed by atoms with van der Waals surface area (Å²) in [5, 5.41) is 3.36. The van der Waals surface area contributed by atoms with Gasteiger partial charge in [-0.1, -0.05) is 41.9 Å². The van der Waals surface area contributed by atoms with Crippen molar-refractivity contribution in [1.29, 1.82) is 0 Å². The van der Waals surface area contributed by atoms with Gasteiger partial charge in [0.15, 0.2) is 0 Å². The zero-order chi connectivity index (χ0) is 21.7. The third-order valence-electron chi connectivity index (χ3n) is 4.36. The van der Waals surface area contributed by atoms with Gasteiger partial charge in [0.05, 0.1) is 21.4 Å². The van der Waals surface area contributed by atoms with E-state index >= 15 is 0 Å². The Labute approximate surface area is 185 Å². The second kappa shape index (κ2) is 9.55. The predicted octanol–water partition coefficient (Wildman–Crippen LogP) is 5.49. The minimum atomic E-state index is -3.74. The predicted molar refractivity (Wildman–Crippen MR) is 124 cm³/mol. The maximum Gasteiger partial charge on any atom is 0.261 e. The average Bonchev–Trinajstić information content (AvgIpc) is 2.71. The lowest BCUT2D eigenvalue weighted by Crippen LogP contribution is -2.16. The van der Waals surface area contributed by atoms with Crippen molar-refractivity contribution in [3.8, 4) is 0 Å². The molecular weight excluding hydrogens is 440 g/mol. The first kappa shape index (κ1) is 22.2. The highest BCUT2D eigenvalue weighted by Gasteiger charge is 2.16. The molecule has 2 N–H and O–H groups in total. The fourth-order valence-corrected chi connectivity index (χ4v) is 5.03. The number of carbonyl (C=O) groups is 1. The van der Waals surface area contributed by atoms with Gasteiger partial charge in [0, 0.05) is 10.6 Å². The van der Waals surface area contributed by atoms with Crippen LogP contribution in [0.1, 0.15) is 11.1 Å². The third-order valence-corrected chi connectivity index (χ3v) is 7.24. The van der Waals surface area contributed by atoms with E-state index in [9.17, 15) is 13.2 Å². The number of sulfonamides is 1. The van der Waals surface area contributed by atoms with Crippen LogP contribution in [0.4, 0.5) is 11.4 Å². The fraction of sp³-hybridized carbons (Fsp3) is 0.136. The van der Waals surface area contributed by atoms with Gasteiger partial charge in [-0.25, -0.2) is 8.42 Å². The van der Waals surface area contributed by atoms with Crippen LogP contribution in [0, 0.1) is 13.8 Å². The number of rotatable bonds is 7. The summed E-state index contributed by atoms with van der Waals surface area (Å²) >= 11 is 7.43. The maximum atomic E-state index is 12.7. The van der Waals surface area contributed by atoms with Crippen LogP contribution in [0.3, 0.4) is 0 Å². The molecule has 0 radical (unpaired) electrons. The molecule has 0 aliphatic rings. The monoisotopic (exact) mass is 460 g/mol. The van der Waals surface area contributed by atoms with Gasteiger partial charge < -0.3 is 5.32 Å². The Hall–Kier alpha value is -2.48. The Morgan fingerprint density at radius 1 is 0.933 bits per heavy atom. The van der Waals surface area contributed by atoms with Crippen molar-refractivity contribution in [2.24, 2.45) is 0 Å². The molecule has 0 atom stereocenters. The molecule has 3 aromatic rings. The Bertz CT molecular complexity index is 1140. The zero-order valence-corrected chi connectivity index (χ0v) is 18.9. The van der Waals surface area contributed by atoms with E-state index in [4.69, 9.17) is 11.6 Å². The molecule has 3 rings (SSSR count). The van der Waals surface area contributed by atoms with Crippen molar-refractivity contribution in [2.75, 3.05) is 15.8 Å². The molecule has 0 bridgehead atoms. The number of halogens is 1. The quantitative estimate of drug-likeness (QED) is 0.457. The molecule has 0 fully saturated rings. The lowest BCUT2D eigenvalue weighted by Gasteiger charge is -2.13. The minimum absolute atomic E-state index is 0.119. The molecule has 0 aromatic heterocycles. The van der Waals surface area contributed by atoms with Gasteiger partial charge in [-0.05, 0) is 61.4 Å². The molecule has 0 saturated carbocycles. The molecule has 5 nitrogen and oxygen atoms in total. The number of amides is 1. The summed E-state index contributed by atoms with van der Waals surface area (Å²) in [7, 11) is -3.74. The van der Waals surface area contributed by atoms with Gasteiger partial charge in [0.1, 0.15) is 0 Å². The van der Waals surface area contributed by atoms with Crippen LogP contribution in [0.5, 0.6) is 0 Å². The number of thioether (sulfide) groups is 1. The van der Waals surface area contributed by atoms with Crippen LogP contribution in [-0.2, 0) is 14.8 Å². The molecule has 1 amide bonds. The smallest absolute Gasteiger partial charge is 0.261 e. The largest absolute Gasteiger partial charge is 0.325 e. The second-order valence-corrected chi connectivity index (χ2v) is 9.77. The van der Waals surface area contributed by atoms with Crippen molar-refractivity contribution >= 4 is 50.7 Å². The zero-order valence-electron chi connectivity index (χ0n) is 16.5. The summed E-state index contributed by atoms with van der Waals surface area (Å²) in [5.74, 6) is -0.0121. The number of carbonyl (C=O) groups excluding carboxylic acids is 1. The molecule has 30 heavy (non-hydrogen) atoms. The molecule has 0 aliphatic heterocycles. The van der Waals surface area contributed by atoms with E-state index in [-0.39, 0.29) is 16.6 Å². The van der Waals surface area contributed by atoms with E-state index < -0.39 is 10.0 Å².